The van der Waals surface area contributed by atoms with Crippen molar-refractivity contribution < 1.29 is 19.0 Å². The van der Waals surface area contributed by atoms with E-state index in [-0.39, 0.29) is 18.5 Å². The van der Waals surface area contributed by atoms with Gasteiger partial charge in [0.2, 0.25) is 0 Å². The molecule has 0 radical (unpaired) electrons. The van der Waals surface area contributed by atoms with Gasteiger partial charge < -0.3 is 20.1 Å². The second-order valence-electron chi connectivity index (χ2n) is 6.38. The van der Waals surface area contributed by atoms with Gasteiger partial charge in [0.15, 0.2) is 0 Å². The lowest BCUT2D eigenvalue weighted by atomic mass is 10.2. The summed E-state index contributed by atoms with van der Waals surface area (Å²) in [7, 11) is 0. The van der Waals surface area contributed by atoms with Crippen LogP contribution in [-0.2, 0) is 0 Å². The van der Waals surface area contributed by atoms with Gasteiger partial charge in [-0.15, -0.1) is 0 Å². The number of amides is 2. The molecule has 24 heavy (non-hydrogen) atoms. The third-order valence-electron chi connectivity index (χ3n) is 4.43. The maximum Gasteiger partial charge on any atom is 0.322 e. The summed E-state index contributed by atoms with van der Waals surface area (Å²) < 4.78 is 19.1. The number of β-amino-alcohol motifs (C(OH)–C–C–N with tert-alkyl or cyclic N) is 1. The highest BCUT2D eigenvalue weighted by molar-refractivity contribution is 5.91. The number of ether oxygens (including phenoxy) is 1. The number of nitrogens with one attached hydrogen (secondary N) is 1. The van der Waals surface area contributed by atoms with Crippen LogP contribution in [0.2, 0.25) is 0 Å². The number of hydrogen-bond acceptors (Lipinski definition) is 4. The second kappa shape index (κ2) is 7.81. The fraction of sp³-hybridized carbons (Fsp3) is 0.588. The van der Waals surface area contributed by atoms with E-state index in [0.717, 1.165) is 25.9 Å². The van der Waals surface area contributed by atoms with Gasteiger partial charge in [-0.2, -0.15) is 0 Å². The molecule has 1 aliphatic heterocycles. The van der Waals surface area contributed by atoms with Crippen LogP contribution in [0.1, 0.15) is 12.8 Å². The zero-order valence-electron chi connectivity index (χ0n) is 13.7. The van der Waals surface area contributed by atoms with E-state index in [9.17, 15) is 9.18 Å². The van der Waals surface area contributed by atoms with E-state index in [0.29, 0.717) is 43.6 Å². The molecule has 6 nitrogen and oxygen atoms in total. The quantitative estimate of drug-likeness (QED) is 0.830. The molecule has 1 heterocycles. The summed E-state index contributed by atoms with van der Waals surface area (Å²) in [5, 5.41) is 11.8. The smallest absolute Gasteiger partial charge is 0.322 e. The van der Waals surface area contributed by atoms with Gasteiger partial charge in [0.05, 0.1) is 18.9 Å². The monoisotopic (exact) mass is 337 g/mol. The Labute approximate surface area is 141 Å². The van der Waals surface area contributed by atoms with Crippen LogP contribution in [0.4, 0.5) is 14.9 Å². The molecule has 2 N–H and O–H groups in total. The Bertz CT molecular complexity index is 572. The Morgan fingerprint density at radius 2 is 2.04 bits per heavy atom. The highest BCUT2D eigenvalue weighted by Gasteiger charge is 2.24. The number of carbonyl (C=O) groups is 1. The predicted molar refractivity (Wildman–Crippen MR) is 88.7 cm³/mol. The summed E-state index contributed by atoms with van der Waals surface area (Å²) in [6.45, 7) is 4.00. The van der Waals surface area contributed by atoms with Gasteiger partial charge in [0.25, 0.3) is 0 Å². The lowest BCUT2D eigenvalue weighted by Crippen LogP contribution is -2.50. The van der Waals surface area contributed by atoms with E-state index in [1.807, 2.05) is 0 Å². The van der Waals surface area contributed by atoms with Gasteiger partial charge in [-0.25, -0.2) is 9.18 Å². The molecule has 7 heteroatoms. The lowest BCUT2D eigenvalue weighted by molar-refractivity contribution is 0.127. The van der Waals surface area contributed by atoms with Crippen molar-refractivity contribution in [1.82, 2.24) is 9.80 Å². The molecule has 1 saturated heterocycles. The van der Waals surface area contributed by atoms with Crippen LogP contribution >= 0.6 is 0 Å². The Balaban J connectivity index is 1.57. The number of benzene rings is 1. The molecule has 1 saturated carbocycles. The van der Waals surface area contributed by atoms with E-state index in [1.165, 1.54) is 18.2 Å². The number of hydrogen-bond donors (Lipinski definition) is 2. The molecule has 1 aromatic carbocycles. The Kier molecular flexibility index (Phi) is 5.52. The topological polar surface area (TPSA) is 65.0 Å². The number of aliphatic hydroxyl groups is 1. The Morgan fingerprint density at radius 3 is 2.71 bits per heavy atom. The first-order valence-electron chi connectivity index (χ1n) is 8.47. The molecule has 1 aliphatic carbocycles. The van der Waals surface area contributed by atoms with Crippen molar-refractivity contribution in [3.63, 3.8) is 0 Å². The van der Waals surface area contributed by atoms with Crippen molar-refractivity contribution in [3.05, 3.63) is 24.0 Å². The molecule has 132 valence electrons. The normalized spacial score (nSPS) is 18.5. The molecule has 0 unspecified atom stereocenters. The number of anilines is 1. The summed E-state index contributed by atoms with van der Waals surface area (Å²) >= 11 is 0. The first-order chi connectivity index (χ1) is 11.7. The van der Waals surface area contributed by atoms with Gasteiger partial charge >= 0.3 is 6.03 Å². The first kappa shape index (κ1) is 17.0. The number of nitrogens with zero attached hydrogens (tertiary/aromatic N) is 2. The molecule has 0 atom stereocenters. The average molecular weight is 337 g/mol. The van der Waals surface area contributed by atoms with Crippen LogP contribution in [0, 0.1) is 11.7 Å². The maximum absolute atomic E-state index is 13.5. The third-order valence-corrected chi connectivity index (χ3v) is 4.43. The van der Waals surface area contributed by atoms with Crippen LogP contribution in [-0.4, -0.2) is 66.9 Å². The van der Waals surface area contributed by atoms with Crippen LogP contribution in [0.5, 0.6) is 5.75 Å². The minimum atomic E-state index is -0.378. The Hall–Kier alpha value is -1.86. The van der Waals surface area contributed by atoms with E-state index >= 15 is 0 Å². The van der Waals surface area contributed by atoms with Gasteiger partial charge in [0, 0.05) is 38.8 Å². The zero-order chi connectivity index (χ0) is 16.9. The first-order valence-corrected chi connectivity index (χ1v) is 8.47. The van der Waals surface area contributed by atoms with Crippen molar-refractivity contribution in [2.75, 3.05) is 51.3 Å². The number of halogens is 1. The number of rotatable bonds is 6. The van der Waals surface area contributed by atoms with Gasteiger partial charge in [0.1, 0.15) is 11.6 Å². The molecular weight excluding hydrogens is 313 g/mol. The summed E-state index contributed by atoms with van der Waals surface area (Å²) in [5.41, 5.74) is 0.500. The zero-order valence-corrected chi connectivity index (χ0v) is 13.7. The summed E-state index contributed by atoms with van der Waals surface area (Å²) in [5.74, 6) is 0.557. The van der Waals surface area contributed by atoms with Crippen molar-refractivity contribution in [2.45, 2.75) is 12.8 Å². The van der Waals surface area contributed by atoms with Crippen molar-refractivity contribution in [1.29, 1.82) is 0 Å². The van der Waals surface area contributed by atoms with E-state index in [4.69, 9.17) is 9.84 Å². The van der Waals surface area contributed by atoms with Gasteiger partial charge in [-0.3, -0.25) is 4.90 Å². The minimum absolute atomic E-state index is 0.128. The number of urea groups is 1. The SMILES string of the molecule is O=C(Nc1ccc(F)cc1OCC1CC1)N1CCN(CCO)CC1. The molecule has 2 amide bonds. The van der Waals surface area contributed by atoms with Crippen LogP contribution < -0.4 is 10.1 Å². The molecule has 0 bridgehead atoms. The fourth-order valence-corrected chi connectivity index (χ4v) is 2.72. The molecule has 1 aromatic rings. The molecule has 2 fully saturated rings. The number of carbonyl (C=O) groups excluding carboxylic acids is 1. The van der Waals surface area contributed by atoms with Gasteiger partial charge in [-0.1, -0.05) is 0 Å². The van der Waals surface area contributed by atoms with E-state index in [2.05, 4.69) is 10.2 Å². The number of aliphatic hydroxyl groups excluding tert-OH is 1. The summed E-state index contributed by atoms with van der Waals surface area (Å²) in [6.07, 6.45) is 2.30. The molecular formula is C17H24FN3O3. The average Bonchev–Trinajstić information content (AvgIpc) is 3.40. The largest absolute Gasteiger partial charge is 0.491 e. The standard InChI is InChI=1S/C17H24FN3O3/c18-14-3-4-15(16(11-14)24-12-13-1-2-13)19-17(23)21-7-5-20(6-8-21)9-10-22/h3-4,11,13,22H,1-2,5-10,12H2,(H,19,23). The second-order valence-corrected chi connectivity index (χ2v) is 6.38. The van der Waals surface area contributed by atoms with Crippen molar-refractivity contribution in [2.24, 2.45) is 5.92 Å². The van der Waals surface area contributed by atoms with E-state index in [1.54, 1.807) is 4.90 Å². The molecule has 0 aromatic heterocycles. The summed E-state index contributed by atoms with van der Waals surface area (Å²) in [4.78, 5) is 16.3. The molecule has 0 spiro atoms. The van der Waals surface area contributed by atoms with E-state index < -0.39 is 0 Å². The molecule has 2 aliphatic rings. The maximum atomic E-state index is 13.5. The lowest BCUT2D eigenvalue weighted by Gasteiger charge is -2.34. The van der Waals surface area contributed by atoms with Crippen molar-refractivity contribution >= 4 is 11.7 Å². The Morgan fingerprint density at radius 1 is 1.29 bits per heavy atom. The van der Waals surface area contributed by atoms with Crippen molar-refractivity contribution in [3.8, 4) is 5.75 Å². The molecule has 3 rings (SSSR count). The third kappa shape index (κ3) is 4.58. The fourth-order valence-electron chi connectivity index (χ4n) is 2.72. The van der Waals surface area contributed by atoms with Gasteiger partial charge in [-0.05, 0) is 30.9 Å². The predicted octanol–water partition coefficient (Wildman–Crippen LogP) is 1.76. The van der Waals surface area contributed by atoms with Crippen LogP contribution in [0.15, 0.2) is 18.2 Å². The highest BCUT2D eigenvalue weighted by Crippen LogP contribution is 2.32. The van der Waals surface area contributed by atoms with Crippen LogP contribution in [0.25, 0.3) is 0 Å². The number of piperazine rings is 1. The summed E-state index contributed by atoms with van der Waals surface area (Å²) in [6, 6.07) is 3.97. The highest BCUT2D eigenvalue weighted by atomic mass is 19.1. The van der Waals surface area contributed by atoms with Crippen LogP contribution in [0.3, 0.4) is 0 Å². The minimum Gasteiger partial charge on any atom is -0.491 e.